The molecule has 5 nitrogen and oxygen atoms in total. The van der Waals surface area contributed by atoms with Crippen LogP contribution in [0, 0.1) is 5.92 Å². The third-order valence-electron chi connectivity index (χ3n) is 4.03. The summed E-state index contributed by atoms with van der Waals surface area (Å²) < 4.78 is 5.32. The minimum Gasteiger partial charge on any atom is -0.443 e. The van der Waals surface area contributed by atoms with E-state index in [0.717, 1.165) is 4.90 Å². The number of carbonyl (C=O) groups excluding carboxylic acids is 2. The molecule has 2 amide bonds. The normalized spacial score (nSPS) is 15.5. The molecule has 0 aromatic heterocycles. The number of benzene rings is 1. The summed E-state index contributed by atoms with van der Waals surface area (Å²) in [5.74, 6) is 0.0231. The summed E-state index contributed by atoms with van der Waals surface area (Å²) in [6.07, 6.45) is -0.650. The van der Waals surface area contributed by atoms with Crippen LogP contribution in [0.15, 0.2) is 12.1 Å². The summed E-state index contributed by atoms with van der Waals surface area (Å²) in [7, 11) is 0. The van der Waals surface area contributed by atoms with Gasteiger partial charge in [-0.2, -0.15) is 0 Å². The SMILES string of the molecule is CC(C)[C@H](C)Nc1ccc(Cl)c2c1C(=O)N(C(=O)OC(C)(C)C)C2. The third-order valence-corrected chi connectivity index (χ3v) is 4.38. The van der Waals surface area contributed by atoms with Gasteiger partial charge < -0.3 is 10.1 Å². The van der Waals surface area contributed by atoms with Gasteiger partial charge in [0.2, 0.25) is 0 Å². The smallest absolute Gasteiger partial charge is 0.417 e. The molecule has 0 fully saturated rings. The second-order valence-corrected chi connectivity index (χ2v) is 7.90. The zero-order valence-corrected chi connectivity index (χ0v) is 15.8. The molecule has 6 heteroatoms. The third kappa shape index (κ3) is 3.83. The van der Waals surface area contributed by atoms with Crippen LogP contribution in [0.1, 0.15) is 57.5 Å². The molecule has 1 aliphatic heterocycles. The molecule has 0 bridgehead atoms. The number of nitrogens with zero attached hydrogens (tertiary/aromatic N) is 1. The highest BCUT2D eigenvalue weighted by molar-refractivity contribution is 6.32. The number of hydrogen-bond donors (Lipinski definition) is 1. The highest BCUT2D eigenvalue weighted by atomic mass is 35.5. The number of imide groups is 1. The Bertz CT molecular complexity index is 665. The van der Waals surface area contributed by atoms with E-state index in [9.17, 15) is 9.59 Å². The Kier molecular flexibility index (Phi) is 5.14. The van der Waals surface area contributed by atoms with Crippen molar-refractivity contribution in [2.75, 3.05) is 5.32 Å². The van der Waals surface area contributed by atoms with Gasteiger partial charge in [-0.3, -0.25) is 4.79 Å². The maximum absolute atomic E-state index is 12.8. The van der Waals surface area contributed by atoms with E-state index in [1.165, 1.54) is 0 Å². The minimum atomic E-state index is -0.664. The molecule has 24 heavy (non-hydrogen) atoms. The van der Waals surface area contributed by atoms with Crippen LogP contribution >= 0.6 is 11.6 Å². The molecule has 132 valence electrons. The van der Waals surface area contributed by atoms with Crippen molar-refractivity contribution in [3.63, 3.8) is 0 Å². The maximum atomic E-state index is 12.8. The Hall–Kier alpha value is -1.75. The molecule has 0 radical (unpaired) electrons. The summed E-state index contributed by atoms with van der Waals surface area (Å²) in [5.41, 5.74) is 1.16. The molecule has 1 aliphatic rings. The van der Waals surface area contributed by atoms with Crippen LogP contribution in [0.5, 0.6) is 0 Å². The lowest BCUT2D eigenvalue weighted by atomic mass is 10.0. The van der Waals surface area contributed by atoms with Gasteiger partial charge in [-0.1, -0.05) is 25.4 Å². The van der Waals surface area contributed by atoms with E-state index in [1.807, 2.05) is 0 Å². The van der Waals surface area contributed by atoms with E-state index >= 15 is 0 Å². The highest BCUT2D eigenvalue weighted by Crippen LogP contribution is 2.35. The van der Waals surface area contributed by atoms with Gasteiger partial charge in [0.15, 0.2) is 0 Å². The van der Waals surface area contributed by atoms with Gasteiger partial charge in [-0.25, -0.2) is 9.69 Å². The van der Waals surface area contributed by atoms with Gasteiger partial charge in [0.05, 0.1) is 12.1 Å². The standard InChI is InChI=1S/C18H25ClN2O3/c1-10(2)11(3)20-14-8-7-13(19)12-9-21(16(22)15(12)14)17(23)24-18(4,5)6/h7-8,10-11,20H,9H2,1-6H3/t11-/m0/s1. The average Bonchev–Trinajstić information content (AvgIpc) is 2.79. The number of carbonyl (C=O) groups is 2. The number of nitrogens with one attached hydrogen (secondary N) is 1. The molecule has 0 saturated heterocycles. The Balaban J connectivity index is 2.33. The largest absolute Gasteiger partial charge is 0.443 e. The molecular weight excluding hydrogens is 328 g/mol. The molecule has 1 aromatic carbocycles. The first-order chi connectivity index (χ1) is 11.0. The van der Waals surface area contributed by atoms with Gasteiger partial charge in [0, 0.05) is 22.3 Å². The van der Waals surface area contributed by atoms with Gasteiger partial charge in [-0.15, -0.1) is 0 Å². The predicted molar refractivity (Wildman–Crippen MR) is 95.5 cm³/mol. The number of anilines is 1. The first-order valence-electron chi connectivity index (χ1n) is 8.14. The van der Waals surface area contributed by atoms with Crippen LogP contribution in [0.25, 0.3) is 0 Å². The number of fused-ring (bicyclic) bond motifs is 1. The lowest BCUT2D eigenvalue weighted by molar-refractivity contribution is 0.0248. The van der Waals surface area contributed by atoms with Crippen molar-refractivity contribution < 1.29 is 14.3 Å². The van der Waals surface area contributed by atoms with Crippen LogP contribution in [0.2, 0.25) is 5.02 Å². The molecule has 0 aliphatic carbocycles. The number of hydrogen-bond acceptors (Lipinski definition) is 4. The second-order valence-electron chi connectivity index (χ2n) is 7.50. The van der Waals surface area contributed by atoms with E-state index in [-0.39, 0.29) is 18.5 Å². The van der Waals surface area contributed by atoms with E-state index in [2.05, 4.69) is 26.1 Å². The van der Waals surface area contributed by atoms with E-state index < -0.39 is 11.7 Å². The van der Waals surface area contributed by atoms with Crippen LogP contribution in [0.3, 0.4) is 0 Å². The van der Waals surface area contributed by atoms with Gasteiger partial charge in [0.1, 0.15) is 5.60 Å². The minimum absolute atomic E-state index is 0.132. The summed E-state index contributed by atoms with van der Waals surface area (Å²) in [5, 5.41) is 3.83. The first kappa shape index (κ1) is 18.6. The van der Waals surface area contributed by atoms with Crippen molar-refractivity contribution in [2.45, 2.75) is 59.7 Å². The summed E-state index contributed by atoms with van der Waals surface area (Å²) >= 11 is 6.25. The quantitative estimate of drug-likeness (QED) is 0.857. The molecular formula is C18H25ClN2O3. The lowest BCUT2D eigenvalue weighted by Crippen LogP contribution is -2.37. The van der Waals surface area contributed by atoms with Crippen molar-refractivity contribution in [1.82, 2.24) is 4.90 Å². The topological polar surface area (TPSA) is 58.6 Å². The van der Waals surface area contributed by atoms with Crippen molar-refractivity contribution in [2.24, 2.45) is 5.92 Å². The van der Waals surface area contributed by atoms with Crippen molar-refractivity contribution in [1.29, 1.82) is 0 Å². The molecule has 2 rings (SSSR count). The number of rotatable bonds is 3. The first-order valence-corrected chi connectivity index (χ1v) is 8.52. The van der Waals surface area contributed by atoms with E-state index in [1.54, 1.807) is 32.9 Å². The Morgan fingerprint density at radius 1 is 1.29 bits per heavy atom. The molecule has 1 atom stereocenters. The Morgan fingerprint density at radius 3 is 2.46 bits per heavy atom. The molecule has 0 unspecified atom stereocenters. The molecule has 1 heterocycles. The second kappa shape index (κ2) is 6.63. The van der Waals surface area contributed by atoms with Gasteiger partial charge >= 0.3 is 6.09 Å². The fourth-order valence-corrected chi connectivity index (χ4v) is 2.60. The summed E-state index contributed by atoms with van der Waals surface area (Å²) in [4.78, 5) is 26.2. The lowest BCUT2D eigenvalue weighted by Gasteiger charge is -2.23. The van der Waals surface area contributed by atoms with Crippen LogP contribution in [-0.4, -0.2) is 28.5 Å². The van der Waals surface area contributed by atoms with Crippen molar-refractivity contribution in [3.05, 3.63) is 28.3 Å². The Labute approximate surface area is 148 Å². The summed E-state index contributed by atoms with van der Waals surface area (Å²) in [6, 6.07) is 3.72. The zero-order valence-electron chi connectivity index (χ0n) is 15.1. The van der Waals surface area contributed by atoms with Gasteiger partial charge in [0.25, 0.3) is 5.91 Å². The highest BCUT2D eigenvalue weighted by Gasteiger charge is 2.38. The van der Waals surface area contributed by atoms with E-state index in [0.29, 0.717) is 27.8 Å². The zero-order chi connectivity index (χ0) is 18.2. The Morgan fingerprint density at radius 2 is 1.92 bits per heavy atom. The van der Waals surface area contributed by atoms with E-state index in [4.69, 9.17) is 16.3 Å². The fourth-order valence-electron chi connectivity index (χ4n) is 2.38. The number of amides is 2. The molecule has 0 saturated carbocycles. The monoisotopic (exact) mass is 352 g/mol. The molecule has 1 aromatic rings. The molecule has 1 N–H and O–H groups in total. The van der Waals surface area contributed by atoms with Crippen LogP contribution in [0.4, 0.5) is 10.5 Å². The maximum Gasteiger partial charge on any atom is 0.417 e. The van der Waals surface area contributed by atoms with Gasteiger partial charge in [-0.05, 0) is 45.7 Å². The fraction of sp³-hybridized carbons (Fsp3) is 0.556. The van der Waals surface area contributed by atoms with Crippen LogP contribution in [-0.2, 0) is 11.3 Å². The molecule has 0 spiro atoms. The van der Waals surface area contributed by atoms with Crippen molar-refractivity contribution in [3.8, 4) is 0 Å². The summed E-state index contributed by atoms with van der Waals surface area (Å²) in [6.45, 7) is 11.7. The number of ether oxygens (including phenoxy) is 1. The van der Waals surface area contributed by atoms with Crippen LogP contribution < -0.4 is 5.32 Å². The average molecular weight is 353 g/mol. The number of halogens is 1. The predicted octanol–water partition coefficient (Wildman–Crippen LogP) is 4.69. The van der Waals surface area contributed by atoms with Crippen molar-refractivity contribution >= 4 is 29.3 Å².